The maximum Gasteiger partial charge on any atom is 0.355 e. The Bertz CT molecular complexity index is 644. The molecule has 0 atom stereocenters. The number of rotatable bonds is 5. The molecular formula is C15H21N3O5. The van der Waals surface area contributed by atoms with Crippen molar-refractivity contribution in [2.24, 2.45) is 0 Å². The Labute approximate surface area is 132 Å². The molecule has 1 fully saturated rings. The lowest BCUT2D eigenvalue weighted by molar-refractivity contribution is -0.137. The van der Waals surface area contributed by atoms with E-state index in [4.69, 9.17) is 4.74 Å². The maximum absolute atomic E-state index is 12.3. The van der Waals surface area contributed by atoms with Gasteiger partial charge in [0.15, 0.2) is 6.61 Å². The van der Waals surface area contributed by atoms with Crippen LogP contribution in [0.1, 0.15) is 49.5 Å². The molecule has 2 rings (SSSR count). The first-order valence-electron chi connectivity index (χ1n) is 7.81. The quantitative estimate of drug-likeness (QED) is 0.762. The number of aromatic nitrogens is 2. The number of nitrogens with zero attached hydrogens (tertiary/aromatic N) is 1. The van der Waals surface area contributed by atoms with Crippen molar-refractivity contribution in [3.63, 3.8) is 0 Å². The molecule has 1 aliphatic carbocycles. The van der Waals surface area contributed by atoms with Crippen molar-refractivity contribution in [3.05, 3.63) is 32.6 Å². The summed E-state index contributed by atoms with van der Waals surface area (Å²) in [5.41, 5.74) is -1.77. The van der Waals surface area contributed by atoms with Crippen LogP contribution >= 0.6 is 0 Å². The van der Waals surface area contributed by atoms with Crippen LogP contribution in [0.2, 0.25) is 0 Å². The molecule has 8 heteroatoms. The molecule has 1 aromatic heterocycles. The maximum atomic E-state index is 12.3. The van der Waals surface area contributed by atoms with Gasteiger partial charge in [0.05, 0.1) is 0 Å². The first-order chi connectivity index (χ1) is 11.0. The molecule has 8 nitrogen and oxygen atoms in total. The van der Waals surface area contributed by atoms with E-state index in [9.17, 15) is 19.2 Å². The van der Waals surface area contributed by atoms with Gasteiger partial charge in [-0.1, -0.05) is 19.3 Å². The van der Waals surface area contributed by atoms with Gasteiger partial charge in [0, 0.05) is 18.7 Å². The summed E-state index contributed by atoms with van der Waals surface area (Å²) in [5, 5.41) is 0. The van der Waals surface area contributed by atoms with Gasteiger partial charge in [-0.15, -0.1) is 0 Å². The average molecular weight is 323 g/mol. The number of hydrogen-bond acceptors (Lipinski definition) is 5. The number of likely N-dealkylation sites (N-methyl/N-ethyl adjacent to an activating group) is 1. The van der Waals surface area contributed by atoms with E-state index >= 15 is 0 Å². The molecule has 1 amide bonds. The van der Waals surface area contributed by atoms with Gasteiger partial charge < -0.3 is 14.6 Å². The zero-order valence-corrected chi connectivity index (χ0v) is 13.1. The smallest absolute Gasteiger partial charge is 0.355 e. The Morgan fingerprint density at radius 2 is 1.91 bits per heavy atom. The van der Waals surface area contributed by atoms with Gasteiger partial charge in [-0.05, 0) is 19.8 Å². The van der Waals surface area contributed by atoms with Crippen LogP contribution < -0.4 is 11.2 Å². The van der Waals surface area contributed by atoms with E-state index in [1.165, 1.54) is 6.42 Å². The van der Waals surface area contributed by atoms with Crippen LogP contribution in [0.3, 0.4) is 0 Å². The SMILES string of the molecule is CCN(C(=O)COC(=O)c1cc(=O)[nH]c(=O)[nH]1)C1CCCCC1. The molecule has 0 bridgehead atoms. The van der Waals surface area contributed by atoms with Gasteiger partial charge in [0.25, 0.3) is 11.5 Å². The van der Waals surface area contributed by atoms with Crippen molar-refractivity contribution >= 4 is 11.9 Å². The van der Waals surface area contributed by atoms with Gasteiger partial charge in [-0.3, -0.25) is 14.6 Å². The third-order valence-electron chi connectivity index (χ3n) is 3.98. The number of carbonyl (C=O) groups excluding carboxylic acids is 2. The molecule has 23 heavy (non-hydrogen) atoms. The number of amides is 1. The highest BCUT2D eigenvalue weighted by Gasteiger charge is 2.25. The Hall–Kier alpha value is -2.38. The standard InChI is InChI=1S/C15H21N3O5/c1-2-18(10-6-4-3-5-7-10)13(20)9-23-14(21)11-8-12(19)17-15(22)16-11/h8,10H,2-7,9H2,1H3,(H2,16,17,19,22). The molecule has 126 valence electrons. The van der Waals surface area contributed by atoms with E-state index in [1.807, 2.05) is 11.9 Å². The Morgan fingerprint density at radius 3 is 2.52 bits per heavy atom. The number of hydrogen-bond donors (Lipinski definition) is 2. The van der Waals surface area contributed by atoms with Crippen LogP contribution in [0.15, 0.2) is 15.7 Å². The summed E-state index contributed by atoms with van der Waals surface area (Å²) < 4.78 is 4.92. The van der Waals surface area contributed by atoms with Gasteiger partial charge >= 0.3 is 11.7 Å². The Kier molecular flexibility index (Phi) is 5.72. The molecule has 0 saturated heterocycles. The molecular weight excluding hydrogens is 302 g/mol. The number of esters is 1. The van der Waals surface area contributed by atoms with Gasteiger partial charge in [-0.25, -0.2) is 9.59 Å². The summed E-state index contributed by atoms with van der Waals surface area (Å²) >= 11 is 0. The number of carbonyl (C=O) groups is 2. The first kappa shape index (κ1) is 17.0. The normalized spacial score (nSPS) is 15.2. The topological polar surface area (TPSA) is 112 Å². The molecule has 1 saturated carbocycles. The van der Waals surface area contributed by atoms with E-state index in [1.54, 1.807) is 4.90 Å². The highest BCUT2D eigenvalue weighted by atomic mass is 16.5. The third kappa shape index (κ3) is 4.54. The van der Waals surface area contributed by atoms with E-state index in [0.29, 0.717) is 6.54 Å². The highest BCUT2D eigenvalue weighted by molar-refractivity contribution is 5.89. The number of aromatic amines is 2. The van der Waals surface area contributed by atoms with E-state index in [-0.39, 0.29) is 17.6 Å². The lowest BCUT2D eigenvalue weighted by Crippen LogP contribution is -2.43. The molecule has 1 aromatic rings. The molecule has 1 aliphatic rings. The summed E-state index contributed by atoms with van der Waals surface area (Å²) in [4.78, 5) is 52.2. The first-order valence-corrected chi connectivity index (χ1v) is 7.81. The molecule has 0 aliphatic heterocycles. The van der Waals surface area contributed by atoms with Gasteiger partial charge in [-0.2, -0.15) is 0 Å². The summed E-state index contributed by atoms with van der Waals surface area (Å²) in [7, 11) is 0. The summed E-state index contributed by atoms with van der Waals surface area (Å²) in [6, 6.07) is 1.12. The molecule has 1 heterocycles. The second kappa shape index (κ2) is 7.75. The van der Waals surface area contributed by atoms with Gasteiger partial charge in [0.2, 0.25) is 0 Å². The van der Waals surface area contributed by atoms with Crippen LogP contribution in [0.25, 0.3) is 0 Å². The van der Waals surface area contributed by atoms with Crippen molar-refractivity contribution in [3.8, 4) is 0 Å². The minimum Gasteiger partial charge on any atom is -0.451 e. The second-order valence-corrected chi connectivity index (χ2v) is 5.55. The van der Waals surface area contributed by atoms with E-state index in [2.05, 4.69) is 4.98 Å². The second-order valence-electron chi connectivity index (χ2n) is 5.55. The molecule has 0 spiro atoms. The highest BCUT2D eigenvalue weighted by Crippen LogP contribution is 2.22. The molecule has 0 aromatic carbocycles. The number of ether oxygens (including phenoxy) is 1. The Balaban J connectivity index is 1.95. The van der Waals surface area contributed by atoms with Gasteiger partial charge in [0.1, 0.15) is 5.69 Å². The summed E-state index contributed by atoms with van der Waals surface area (Å²) in [5.74, 6) is -1.17. The molecule has 0 unspecified atom stereocenters. The van der Waals surface area contributed by atoms with Crippen molar-refractivity contribution in [2.75, 3.05) is 13.2 Å². The third-order valence-corrected chi connectivity index (χ3v) is 3.98. The minimum absolute atomic E-state index is 0.194. The predicted octanol–water partition coefficient (Wildman–Crippen LogP) is 0.401. The zero-order valence-electron chi connectivity index (χ0n) is 13.1. The largest absolute Gasteiger partial charge is 0.451 e. The van der Waals surface area contributed by atoms with Crippen LogP contribution in [0, 0.1) is 0 Å². The molecule has 2 N–H and O–H groups in total. The van der Waals surface area contributed by atoms with E-state index in [0.717, 1.165) is 31.7 Å². The summed E-state index contributed by atoms with van der Waals surface area (Å²) in [6.07, 6.45) is 5.32. The lowest BCUT2D eigenvalue weighted by Gasteiger charge is -2.33. The molecule has 0 radical (unpaired) electrons. The van der Waals surface area contributed by atoms with Crippen molar-refractivity contribution < 1.29 is 14.3 Å². The summed E-state index contributed by atoms with van der Waals surface area (Å²) in [6.45, 7) is 2.05. The minimum atomic E-state index is -0.902. The van der Waals surface area contributed by atoms with Crippen molar-refractivity contribution in [1.29, 1.82) is 0 Å². The fourth-order valence-electron chi connectivity index (χ4n) is 2.90. The van der Waals surface area contributed by atoms with Crippen molar-refractivity contribution in [1.82, 2.24) is 14.9 Å². The zero-order chi connectivity index (χ0) is 16.8. The van der Waals surface area contributed by atoms with Crippen LogP contribution in [0.5, 0.6) is 0 Å². The van der Waals surface area contributed by atoms with Crippen LogP contribution in [0.4, 0.5) is 0 Å². The predicted molar refractivity (Wildman–Crippen MR) is 82.2 cm³/mol. The van der Waals surface area contributed by atoms with Crippen LogP contribution in [-0.4, -0.2) is 45.9 Å². The van der Waals surface area contributed by atoms with Crippen molar-refractivity contribution in [2.45, 2.75) is 45.1 Å². The average Bonchev–Trinajstić information content (AvgIpc) is 2.53. The van der Waals surface area contributed by atoms with Crippen LogP contribution in [-0.2, 0) is 9.53 Å². The van der Waals surface area contributed by atoms with E-state index < -0.39 is 23.8 Å². The fraction of sp³-hybridized carbons (Fsp3) is 0.600. The lowest BCUT2D eigenvalue weighted by atomic mass is 9.94. The number of nitrogens with one attached hydrogen (secondary N) is 2. The number of H-pyrrole nitrogens is 2. The monoisotopic (exact) mass is 323 g/mol. The Morgan fingerprint density at radius 1 is 1.22 bits per heavy atom. The fourth-order valence-corrected chi connectivity index (χ4v) is 2.90.